The fourth-order valence-corrected chi connectivity index (χ4v) is 4.13. The standard InChI is InChI=1S/C27H29F3N4O/c1-4-33(5-2)17-20-13-10-18(3)24(25(20)35)32-26-31-22-8-6-7-9-23(22)34(26)16-19-11-14-21(15-12-19)27(28,29)30/h6-15,35H,4-5,16-17H2,1-3H3,(H,31,32). The molecule has 35 heavy (non-hydrogen) atoms. The van der Waals surface area contributed by atoms with Crippen LogP contribution in [-0.2, 0) is 19.3 Å². The Morgan fingerprint density at radius 2 is 1.66 bits per heavy atom. The van der Waals surface area contributed by atoms with Crippen molar-refractivity contribution in [3.8, 4) is 5.75 Å². The lowest BCUT2D eigenvalue weighted by Crippen LogP contribution is -2.22. The maximum Gasteiger partial charge on any atom is 0.416 e. The molecule has 0 amide bonds. The zero-order chi connectivity index (χ0) is 25.2. The van der Waals surface area contributed by atoms with Gasteiger partial charge in [0, 0.05) is 12.1 Å². The fraction of sp³-hybridized carbons (Fsp3) is 0.296. The zero-order valence-corrected chi connectivity index (χ0v) is 20.0. The van der Waals surface area contributed by atoms with E-state index >= 15 is 0 Å². The van der Waals surface area contributed by atoms with Gasteiger partial charge in [-0.1, -0.05) is 50.2 Å². The molecule has 0 aliphatic rings. The number of phenols is 1. The number of aromatic hydroxyl groups is 1. The number of benzene rings is 3. The summed E-state index contributed by atoms with van der Waals surface area (Å²) in [6.07, 6.45) is -4.38. The number of anilines is 2. The average Bonchev–Trinajstić information content (AvgIpc) is 3.18. The first kappa shape index (κ1) is 24.6. The van der Waals surface area contributed by atoms with Crippen molar-refractivity contribution in [3.63, 3.8) is 0 Å². The van der Waals surface area contributed by atoms with Gasteiger partial charge in [0.1, 0.15) is 5.75 Å². The van der Waals surface area contributed by atoms with Gasteiger partial charge >= 0.3 is 6.18 Å². The average molecular weight is 483 g/mol. The van der Waals surface area contributed by atoms with Crippen molar-refractivity contribution < 1.29 is 18.3 Å². The summed E-state index contributed by atoms with van der Waals surface area (Å²) in [6.45, 7) is 8.75. The Bertz CT molecular complexity index is 1310. The summed E-state index contributed by atoms with van der Waals surface area (Å²) in [5.74, 6) is 0.675. The predicted molar refractivity (Wildman–Crippen MR) is 133 cm³/mol. The van der Waals surface area contributed by atoms with Gasteiger partial charge in [-0.05, 0) is 55.4 Å². The van der Waals surface area contributed by atoms with Crippen LogP contribution in [0.15, 0.2) is 60.7 Å². The lowest BCUT2D eigenvalue weighted by atomic mass is 10.1. The molecule has 0 unspecified atom stereocenters. The number of aryl methyl sites for hydroxylation is 1. The van der Waals surface area contributed by atoms with Crippen LogP contribution in [-0.4, -0.2) is 32.6 Å². The first-order chi connectivity index (χ1) is 16.7. The molecule has 0 aliphatic carbocycles. The fourth-order valence-electron chi connectivity index (χ4n) is 4.13. The molecule has 2 N–H and O–H groups in total. The van der Waals surface area contributed by atoms with Gasteiger partial charge in [-0.3, -0.25) is 4.90 Å². The van der Waals surface area contributed by atoms with Crippen molar-refractivity contribution in [1.29, 1.82) is 0 Å². The molecule has 0 fully saturated rings. The number of alkyl halides is 3. The molecule has 4 aromatic rings. The summed E-state index contributed by atoms with van der Waals surface area (Å²) in [6, 6.07) is 16.6. The number of nitrogens with zero attached hydrogens (tertiary/aromatic N) is 3. The number of aromatic nitrogens is 2. The molecule has 4 rings (SSSR count). The molecule has 0 saturated heterocycles. The van der Waals surface area contributed by atoms with Gasteiger partial charge in [-0.25, -0.2) is 4.98 Å². The lowest BCUT2D eigenvalue weighted by Gasteiger charge is -2.21. The van der Waals surface area contributed by atoms with Crippen LogP contribution in [0.2, 0.25) is 0 Å². The molecule has 0 aliphatic heterocycles. The summed E-state index contributed by atoms with van der Waals surface area (Å²) in [4.78, 5) is 6.93. The summed E-state index contributed by atoms with van der Waals surface area (Å²) < 4.78 is 40.9. The maximum atomic E-state index is 13.0. The Morgan fingerprint density at radius 1 is 0.971 bits per heavy atom. The zero-order valence-electron chi connectivity index (χ0n) is 20.0. The van der Waals surface area contributed by atoms with Crippen LogP contribution in [0.5, 0.6) is 5.75 Å². The van der Waals surface area contributed by atoms with Gasteiger partial charge in [-0.2, -0.15) is 13.2 Å². The van der Waals surface area contributed by atoms with E-state index in [2.05, 4.69) is 24.1 Å². The molecule has 184 valence electrons. The first-order valence-corrected chi connectivity index (χ1v) is 11.6. The van der Waals surface area contributed by atoms with Gasteiger partial charge in [0.2, 0.25) is 5.95 Å². The van der Waals surface area contributed by atoms with Crippen molar-refractivity contribution in [2.24, 2.45) is 0 Å². The number of hydrogen-bond acceptors (Lipinski definition) is 4. The number of fused-ring (bicyclic) bond motifs is 1. The molecular formula is C27H29F3N4O. The second-order valence-corrected chi connectivity index (χ2v) is 8.56. The lowest BCUT2D eigenvalue weighted by molar-refractivity contribution is -0.137. The van der Waals surface area contributed by atoms with Crippen LogP contribution in [0.1, 0.15) is 36.1 Å². The van der Waals surface area contributed by atoms with Gasteiger partial charge in [-0.15, -0.1) is 0 Å². The smallest absolute Gasteiger partial charge is 0.416 e. The van der Waals surface area contributed by atoms with E-state index in [1.807, 2.05) is 47.9 Å². The molecular weight excluding hydrogens is 453 g/mol. The van der Waals surface area contributed by atoms with Crippen molar-refractivity contribution >= 4 is 22.7 Å². The quantitative estimate of drug-likeness (QED) is 0.274. The number of halogens is 3. The van der Waals surface area contributed by atoms with Crippen LogP contribution in [0.3, 0.4) is 0 Å². The minimum atomic E-state index is -4.38. The summed E-state index contributed by atoms with van der Waals surface area (Å²) in [7, 11) is 0. The molecule has 0 saturated carbocycles. The number of phenolic OH excluding ortho intramolecular Hbond substituents is 1. The van der Waals surface area contributed by atoms with Crippen LogP contribution in [0.25, 0.3) is 11.0 Å². The second kappa shape index (κ2) is 10.00. The molecule has 0 radical (unpaired) electrons. The van der Waals surface area contributed by atoms with E-state index in [-0.39, 0.29) is 5.75 Å². The van der Waals surface area contributed by atoms with Crippen molar-refractivity contribution in [2.45, 2.75) is 40.0 Å². The Hall–Kier alpha value is -3.52. The Balaban J connectivity index is 1.71. The van der Waals surface area contributed by atoms with Gasteiger partial charge in [0.15, 0.2) is 0 Å². The van der Waals surface area contributed by atoms with Gasteiger partial charge in [0.05, 0.1) is 28.8 Å². The van der Waals surface area contributed by atoms with Gasteiger partial charge in [0.25, 0.3) is 0 Å². The molecule has 0 spiro atoms. The van der Waals surface area contributed by atoms with E-state index in [0.29, 0.717) is 30.3 Å². The SMILES string of the molecule is CCN(CC)Cc1ccc(C)c(Nc2nc3ccccc3n2Cc2ccc(C(F)(F)F)cc2)c1O. The highest BCUT2D eigenvalue weighted by Gasteiger charge is 2.30. The van der Waals surface area contributed by atoms with Crippen molar-refractivity contribution in [1.82, 2.24) is 14.5 Å². The number of hydrogen-bond donors (Lipinski definition) is 2. The van der Waals surface area contributed by atoms with Crippen molar-refractivity contribution in [3.05, 3.63) is 82.9 Å². The number of rotatable bonds is 8. The highest BCUT2D eigenvalue weighted by atomic mass is 19.4. The van der Waals surface area contributed by atoms with Crippen LogP contribution < -0.4 is 5.32 Å². The third kappa shape index (κ3) is 5.27. The summed E-state index contributed by atoms with van der Waals surface area (Å²) in [5.41, 5.74) is 3.86. The molecule has 0 atom stereocenters. The largest absolute Gasteiger partial charge is 0.505 e. The summed E-state index contributed by atoms with van der Waals surface area (Å²) in [5, 5.41) is 14.4. The van der Waals surface area contributed by atoms with Crippen molar-refractivity contribution in [2.75, 3.05) is 18.4 Å². The molecule has 3 aromatic carbocycles. The highest BCUT2D eigenvalue weighted by Crippen LogP contribution is 2.35. The van der Waals surface area contributed by atoms with E-state index in [4.69, 9.17) is 4.98 Å². The van der Waals surface area contributed by atoms with E-state index in [1.54, 1.807) is 0 Å². The number of nitrogens with one attached hydrogen (secondary N) is 1. The minimum Gasteiger partial charge on any atom is -0.505 e. The summed E-state index contributed by atoms with van der Waals surface area (Å²) >= 11 is 0. The Kier molecular flexibility index (Phi) is 7.03. The molecule has 1 aromatic heterocycles. The first-order valence-electron chi connectivity index (χ1n) is 11.6. The van der Waals surface area contributed by atoms with E-state index < -0.39 is 11.7 Å². The Labute approximate surface area is 202 Å². The monoisotopic (exact) mass is 482 g/mol. The third-order valence-corrected chi connectivity index (χ3v) is 6.27. The van der Waals surface area contributed by atoms with Crippen LogP contribution in [0, 0.1) is 6.92 Å². The van der Waals surface area contributed by atoms with Crippen LogP contribution >= 0.6 is 0 Å². The predicted octanol–water partition coefficient (Wildman–Crippen LogP) is 6.70. The number of para-hydroxylation sites is 2. The maximum absolute atomic E-state index is 13.0. The van der Waals surface area contributed by atoms with E-state index in [9.17, 15) is 18.3 Å². The topological polar surface area (TPSA) is 53.3 Å². The molecule has 8 heteroatoms. The van der Waals surface area contributed by atoms with E-state index in [0.717, 1.165) is 47.4 Å². The van der Waals surface area contributed by atoms with Gasteiger partial charge < -0.3 is 15.0 Å². The van der Waals surface area contributed by atoms with E-state index in [1.165, 1.54) is 12.1 Å². The minimum absolute atomic E-state index is 0.171. The number of imidazole rings is 1. The Morgan fingerprint density at radius 3 is 2.31 bits per heavy atom. The third-order valence-electron chi connectivity index (χ3n) is 6.27. The highest BCUT2D eigenvalue weighted by molar-refractivity contribution is 5.81. The molecule has 1 heterocycles. The normalized spacial score (nSPS) is 12.0. The molecule has 0 bridgehead atoms. The molecule has 5 nitrogen and oxygen atoms in total. The van der Waals surface area contributed by atoms with Crippen LogP contribution in [0.4, 0.5) is 24.8 Å². The second-order valence-electron chi connectivity index (χ2n) is 8.56.